The number of halogens is 2. The minimum Gasteiger partial charge on any atom is -0.358 e. The normalized spacial score (nSPS) is 10.5. The van der Waals surface area contributed by atoms with E-state index in [1.54, 1.807) is 23.0 Å². The summed E-state index contributed by atoms with van der Waals surface area (Å²) in [5.74, 6) is 0.216. The van der Waals surface area contributed by atoms with Crippen LogP contribution in [0.15, 0.2) is 60.8 Å². The van der Waals surface area contributed by atoms with Crippen molar-refractivity contribution in [1.29, 1.82) is 0 Å². The van der Waals surface area contributed by atoms with Crippen LogP contribution in [-0.2, 0) is 13.1 Å². The van der Waals surface area contributed by atoms with Crippen molar-refractivity contribution >= 4 is 34.7 Å². The summed E-state index contributed by atoms with van der Waals surface area (Å²) in [6.45, 7) is 1.10. The minimum absolute atomic E-state index is 0.264. The first kappa shape index (κ1) is 17.4. The van der Waals surface area contributed by atoms with Gasteiger partial charge in [0.2, 0.25) is 0 Å². The van der Waals surface area contributed by atoms with Crippen molar-refractivity contribution in [1.82, 2.24) is 15.1 Å². The molecule has 0 saturated heterocycles. The maximum Gasteiger partial charge on any atom is 0.173 e. The molecule has 0 bridgehead atoms. The predicted molar refractivity (Wildman–Crippen MR) is 102 cm³/mol. The molecule has 1 heterocycles. The number of nitrogens with zero attached hydrogens (tertiary/aromatic N) is 2. The van der Waals surface area contributed by atoms with Crippen LogP contribution in [0.25, 0.3) is 0 Å². The van der Waals surface area contributed by atoms with Crippen LogP contribution in [0.4, 0.5) is 10.2 Å². The van der Waals surface area contributed by atoms with Crippen molar-refractivity contribution in [3.8, 4) is 0 Å². The van der Waals surface area contributed by atoms with E-state index in [0.29, 0.717) is 29.0 Å². The molecule has 0 aliphatic carbocycles. The molecule has 0 radical (unpaired) electrons. The summed E-state index contributed by atoms with van der Waals surface area (Å²) in [4.78, 5) is 0. The van der Waals surface area contributed by atoms with Crippen LogP contribution in [0.2, 0.25) is 5.02 Å². The van der Waals surface area contributed by atoms with Gasteiger partial charge in [-0.25, -0.2) is 4.39 Å². The van der Waals surface area contributed by atoms with E-state index >= 15 is 0 Å². The van der Waals surface area contributed by atoms with E-state index in [4.69, 9.17) is 23.8 Å². The summed E-state index contributed by atoms with van der Waals surface area (Å²) >= 11 is 11.5. The van der Waals surface area contributed by atoms with Crippen LogP contribution in [0, 0.1) is 5.82 Å². The summed E-state index contributed by atoms with van der Waals surface area (Å²) < 4.78 is 14.6. The lowest BCUT2D eigenvalue weighted by atomic mass is 10.2. The molecule has 3 aromatic rings. The highest BCUT2D eigenvalue weighted by atomic mass is 35.5. The third-order valence-electron chi connectivity index (χ3n) is 3.50. The number of hydrogen-bond donors (Lipinski definition) is 2. The molecule has 4 nitrogen and oxygen atoms in total. The highest BCUT2D eigenvalue weighted by Crippen LogP contribution is 2.20. The Labute approximate surface area is 155 Å². The topological polar surface area (TPSA) is 41.9 Å². The fourth-order valence-corrected chi connectivity index (χ4v) is 2.64. The molecular formula is C18H16ClFN4S. The number of hydrogen-bond acceptors (Lipinski definition) is 2. The van der Waals surface area contributed by atoms with Crippen molar-refractivity contribution in [2.75, 3.05) is 5.32 Å². The maximum atomic E-state index is 13.0. The smallest absolute Gasteiger partial charge is 0.173 e. The van der Waals surface area contributed by atoms with Gasteiger partial charge in [0.05, 0.1) is 6.54 Å². The molecule has 0 atom stereocenters. The SMILES string of the molecule is Fc1ccc(Cn2cc(Cl)c(NC(=S)NCc3ccccc3)n2)cc1. The second-order valence-corrected chi connectivity index (χ2v) is 6.26. The highest BCUT2D eigenvalue weighted by Gasteiger charge is 2.09. The van der Waals surface area contributed by atoms with Gasteiger partial charge in [-0.1, -0.05) is 54.1 Å². The molecular weight excluding hydrogens is 359 g/mol. The Morgan fingerprint density at radius 1 is 1.08 bits per heavy atom. The highest BCUT2D eigenvalue weighted by molar-refractivity contribution is 7.80. The molecule has 0 saturated carbocycles. The van der Waals surface area contributed by atoms with E-state index in [1.807, 2.05) is 30.3 Å². The molecule has 1 aromatic heterocycles. The number of rotatable bonds is 5. The van der Waals surface area contributed by atoms with Gasteiger partial charge < -0.3 is 10.6 Å². The van der Waals surface area contributed by atoms with Gasteiger partial charge in [-0.05, 0) is 35.5 Å². The molecule has 0 spiro atoms. The molecule has 2 aromatic carbocycles. The molecule has 0 aliphatic heterocycles. The quantitative estimate of drug-likeness (QED) is 0.656. The Morgan fingerprint density at radius 3 is 2.52 bits per heavy atom. The fraction of sp³-hybridized carbons (Fsp3) is 0.111. The standard InChI is InChI=1S/C18H16ClFN4S/c19-16-12-24(11-14-6-8-15(20)9-7-14)23-17(16)22-18(25)21-10-13-4-2-1-3-5-13/h1-9,12H,10-11H2,(H2,21,22,23,25). The first-order valence-corrected chi connectivity index (χ1v) is 8.45. The van der Waals surface area contributed by atoms with Crippen LogP contribution in [-0.4, -0.2) is 14.9 Å². The van der Waals surface area contributed by atoms with E-state index in [1.165, 1.54) is 12.1 Å². The van der Waals surface area contributed by atoms with Gasteiger partial charge >= 0.3 is 0 Å². The molecule has 0 unspecified atom stereocenters. The number of aromatic nitrogens is 2. The number of thiocarbonyl (C=S) groups is 1. The van der Waals surface area contributed by atoms with Gasteiger partial charge in [0.25, 0.3) is 0 Å². The van der Waals surface area contributed by atoms with Crippen LogP contribution in [0.3, 0.4) is 0 Å². The minimum atomic E-state index is -0.264. The van der Waals surface area contributed by atoms with Crippen LogP contribution < -0.4 is 10.6 Å². The van der Waals surface area contributed by atoms with Crippen molar-refractivity contribution in [3.05, 3.63) is 82.8 Å². The molecule has 0 aliphatic rings. The van der Waals surface area contributed by atoms with Crippen LogP contribution in [0.1, 0.15) is 11.1 Å². The van der Waals surface area contributed by atoms with E-state index in [2.05, 4.69) is 15.7 Å². The summed E-state index contributed by atoms with van der Waals surface area (Å²) in [7, 11) is 0. The lowest BCUT2D eigenvalue weighted by Gasteiger charge is -2.09. The molecule has 3 rings (SSSR count). The Morgan fingerprint density at radius 2 is 1.80 bits per heavy atom. The van der Waals surface area contributed by atoms with Crippen LogP contribution >= 0.6 is 23.8 Å². The van der Waals surface area contributed by atoms with Gasteiger partial charge in [0, 0.05) is 12.7 Å². The Bertz CT molecular complexity index is 849. The lowest BCUT2D eigenvalue weighted by molar-refractivity contribution is 0.624. The molecule has 7 heteroatoms. The van der Waals surface area contributed by atoms with Gasteiger partial charge in [0.15, 0.2) is 10.9 Å². The van der Waals surface area contributed by atoms with Crippen molar-refractivity contribution in [3.63, 3.8) is 0 Å². The van der Waals surface area contributed by atoms with Gasteiger partial charge in [-0.3, -0.25) is 4.68 Å². The van der Waals surface area contributed by atoms with Gasteiger partial charge in [-0.2, -0.15) is 5.10 Å². The number of nitrogens with one attached hydrogen (secondary N) is 2. The van der Waals surface area contributed by atoms with Crippen molar-refractivity contribution < 1.29 is 4.39 Å². The molecule has 25 heavy (non-hydrogen) atoms. The largest absolute Gasteiger partial charge is 0.358 e. The average Bonchev–Trinajstić information content (AvgIpc) is 2.95. The van der Waals surface area contributed by atoms with E-state index < -0.39 is 0 Å². The third kappa shape index (κ3) is 5.01. The third-order valence-corrected chi connectivity index (χ3v) is 4.03. The predicted octanol–water partition coefficient (Wildman–Crippen LogP) is 4.21. The van der Waals surface area contributed by atoms with Gasteiger partial charge in [0.1, 0.15) is 10.8 Å². The molecule has 2 N–H and O–H groups in total. The first-order chi connectivity index (χ1) is 12.1. The Balaban J connectivity index is 1.58. The van der Waals surface area contributed by atoms with Crippen molar-refractivity contribution in [2.24, 2.45) is 0 Å². The Kier molecular flexibility index (Phi) is 5.63. The second-order valence-electron chi connectivity index (χ2n) is 5.44. The van der Waals surface area contributed by atoms with E-state index in [0.717, 1.165) is 11.1 Å². The fourth-order valence-electron chi connectivity index (χ4n) is 2.27. The monoisotopic (exact) mass is 374 g/mol. The molecule has 128 valence electrons. The number of benzene rings is 2. The zero-order chi connectivity index (χ0) is 17.6. The zero-order valence-electron chi connectivity index (χ0n) is 13.2. The number of anilines is 1. The van der Waals surface area contributed by atoms with Gasteiger partial charge in [-0.15, -0.1) is 0 Å². The molecule has 0 fully saturated rings. The maximum absolute atomic E-state index is 13.0. The summed E-state index contributed by atoms with van der Waals surface area (Å²) in [6.07, 6.45) is 1.70. The summed E-state index contributed by atoms with van der Waals surface area (Å²) in [5, 5.41) is 11.4. The summed E-state index contributed by atoms with van der Waals surface area (Å²) in [5.41, 5.74) is 2.05. The van der Waals surface area contributed by atoms with Crippen LogP contribution in [0.5, 0.6) is 0 Å². The van der Waals surface area contributed by atoms with E-state index in [-0.39, 0.29) is 5.82 Å². The molecule has 0 amide bonds. The average molecular weight is 375 g/mol. The van der Waals surface area contributed by atoms with E-state index in [9.17, 15) is 4.39 Å². The lowest BCUT2D eigenvalue weighted by Crippen LogP contribution is -2.28. The first-order valence-electron chi connectivity index (χ1n) is 7.66. The summed E-state index contributed by atoms with van der Waals surface area (Å²) in [6, 6.07) is 16.2. The zero-order valence-corrected chi connectivity index (χ0v) is 14.8. The second kappa shape index (κ2) is 8.09. The van der Waals surface area contributed by atoms with Crippen molar-refractivity contribution in [2.45, 2.75) is 13.1 Å². The Hall–Kier alpha value is -2.44.